The predicted molar refractivity (Wildman–Crippen MR) is 68.6 cm³/mol. The van der Waals surface area contributed by atoms with Crippen LogP contribution in [0.5, 0.6) is 0 Å². The molecular formula is C12H28N2O3. The van der Waals surface area contributed by atoms with E-state index in [0.717, 1.165) is 52.4 Å². The van der Waals surface area contributed by atoms with Gasteiger partial charge in [0, 0.05) is 53.6 Å². The van der Waals surface area contributed by atoms with Crippen molar-refractivity contribution in [3.8, 4) is 0 Å². The molecule has 0 atom stereocenters. The van der Waals surface area contributed by atoms with E-state index in [1.807, 2.05) is 38.1 Å². The molecule has 0 unspecified atom stereocenters. The molecule has 0 spiro atoms. The number of hydroxylamine groups is 4. The molecule has 0 aliphatic carbocycles. The van der Waals surface area contributed by atoms with Gasteiger partial charge in [-0.2, -0.15) is 10.1 Å². The van der Waals surface area contributed by atoms with Gasteiger partial charge in [-0.1, -0.05) is 0 Å². The van der Waals surface area contributed by atoms with Crippen molar-refractivity contribution in [1.82, 2.24) is 10.1 Å². The molecule has 0 radical (unpaired) electrons. The molecule has 0 aromatic heterocycles. The summed E-state index contributed by atoms with van der Waals surface area (Å²) in [6.07, 6.45) is 1.97. The molecular weight excluding hydrogens is 220 g/mol. The van der Waals surface area contributed by atoms with Gasteiger partial charge in [0.05, 0.1) is 0 Å². The van der Waals surface area contributed by atoms with Crippen LogP contribution in [0.4, 0.5) is 0 Å². The average Bonchev–Trinajstić information content (AvgIpc) is 2.30. The Kier molecular flexibility index (Phi) is 12.1. The van der Waals surface area contributed by atoms with E-state index in [9.17, 15) is 0 Å². The van der Waals surface area contributed by atoms with Gasteiger partial charge in [-0.15, -0.1) is 0 Å². The third-order valence-corrected chi connectivity index (χ3v) is 2.21. The van der Waals surface area contributed by atoms with E-state index in [0.29, 0.717) is 0 Å². The molecule has 17 heavy (non-hydrogen) atoms. The largest absolute Gasteiger partial charge is 0.382 e. The van der Waals surface area contributed by atoms with Crippen LogP contribution in [0.15, 0.2) is 0 Å². The minimum absolute atomic E-state index is 0.780. The number of hydrogen-bond acceptors (Lipinski definition) is 5. The average molecular weight is 248 g/mol. The topological polar surface area (TPSA) is 34.2 Å². The number of hydrogen-bond donors (Lipinski definition) is 0. The SMILES string of the molecule is CCOCCCN(C)ON(C)CCCOCC. The van der Waals surface area contributed by atoms with E-state index in [1.165, 1.54) is 0 Å². The van der Waals surface area contributed by atoms with Crippen LogP contribution in [-0.2, 0) is 14.4 Å². The standard InChI is InChI=1S/C12H28N2O3/c1-5-15-11-7-9-13(3)17-14(4)10-8-12-16-6-2/h5-12H2,1-4H3. The fraction of sp³-hybridized carbons (Fsp3) is 1.00. The van der Waals surface area contributed by atoms with Gasteiger partial charge >= 0.3 is 0 Å². The van der Waals surface area contributed by atoms with Gasteiger partial charge in [0.2, 0.25) is 0 Å². The molecule has 0 fully saturated rings. The first kappa shape index (κ1) is 16.8. The number of rotatable bonds is 12. The third kappa shape index (κ3) is 12.1. The van der Waals surface area contributed by atoms with E-state index >= 15 is 0 Å². The molecule has 0 aliphatic heterocycles. The molecule has 0 rings (SSSR count). The smallest absolute Gasteiger partial charge is 0.0478 e. The van der Waals surface area contributed by atoms with Gasteiger partial charge in [0.25, 0.3) is 0 Å². The molecule has 0 saturated carbocycles. The van der Waals surface area contributed by atoms with Gasteiger partial charge in [-0.3, -0.25) is 0 Å². The van der Waals surface area contributed by atoms with E-state index in [2.05, 4.69) is 0 Å². The second-order valence-electron chi connectivity index (χ2n) is 3.89. The summed E-state index contributed by atoms with van der Waals surface area (Å²) in [5, 5.41) is 3.67. The highest BCUT2D eigenvalue weighted by Crippen LogP contribution is 1.96. The minimum atomic E-state index is 0.780. The van der Waals surface area contributed by atoms with Crippen LogP contribution in [0.1, 0.15) is 26.7 Å². The van der Waals surface area contributed by atoms with Crippen LogP contribution in [0.25, 0.3) is 0 Å². The summed E-state index contributed by atoms with van der Waals surface area (Å²) in [6, 6.07) is 0. The summed E-state index contributed by atoms with van der Waals surface area (Å²) < 4.78 is 10.5. The first-order chi connectivity index (χ1) is 8.20. The van der Waals surface area contributed by atoms with Crippen LogP contribution in [0.3, 0.4) is 0 Å². The van der Waals surface area contributed by atoms with Crippen molar-refractivity contribution >= 4 is 0 Å². The molecule has 0 aliphatic rings. The minimum Gasteiger partial charge on any atom is -0.382 e. The summed E-state index contributed by atoms with van der Waals surface area (Å²) >= 11 is 0. The van der Waals surface area contributed by atoms with Gasteiger partial charge in [0.1, 0.15) is 0 Å². The molecule has 5 heteroatoms. The molecule has 0 N–H and O–H groups in total. The van der Waals surface area contributed by atoms with Crippen LogP contribution in [0.2, 0.25) is 0 Å². The summed E-state index contributed by atoms with van der Waals surface area (Å²) in [4.78, 5) is 5.57. The van der Waals surface area contributed by atoms with E-state index in [-0.39, 0.29) is 0 Å². The van der Waals surface area contributed by atoms with Crippen molar-refractivity contribution in [2.75, 3.05) is 53.6 Å². The van der Waals surface area contributed by atoms with E-state index < -0.39 is 0 Å². The quantitative estimate of drug-likeness (QED) is 0.387. The Hall–Kier alpha value is -0.200. The van der Waals surface area contributed by atoms with Crippen molar-refractivity contribution in [3.63, 3.8) is 0 Å². The number of nitrogens with zero attached hydrogens (tertiary/aromatic N) is 2. The van der Waals surface area contributed by atoms with E-state index in [4.69, 9.17) is 14.4 Å². The monoisotopic (exact) mass is 248 g/mol. The maximum Gasteiger partial charge on any atom is 0.0478 e. The van der Waals surface area contributed by atoms with Crippen LogP contribution in [-0.4, -0.2) is 63.7 Å². The molecule has 104 valence electrons. The maximum absolute atomic E-state index is 5.57. The lowest BCUT2D eigenvalue weighted by atomic mass is 10.4. The lowest BCUT2D eigenvalue weighted by Gasteiger charge is -2.23. The third-order valence-electron chi connectivity index (χ3n) is 2.21. The van der Waals surface area contributed by atoms with Crippen LogP contribution >= 0.6 is 0 Å². The normalized spacial score (nSPS) is 11.6. The van der Waals surface area contributed by atoms with E-state index in [1.54, 1.807) is 0 Å². The molecule has 0 amide bonds. The van der Waals surface area contributed by atoms with Crippen molar-refractivity contribution in [2.45, 2.75) is 26.7 Å². The molecule has 0 aromatic carbocycles. The first-order valence-corrected chi connectivity index (χ1v) is 6.46. The lowest BCUT2D eigenvalue weighted by Crippen LogP contribution is -2.32. The zero-order valence-corrected chi connectivity index (χ0v) is 11.8. The van der Waals surface area contributed by atoms with Crippen LogP contribution < -0.4 is 0 Å². The Morgan fingerprint density at radius 1 is 0.765 bits per heavy atom. The van der Waals surface area contributed by atoms with Gasteiger partial charge in [-0.05, 0) is 26.7 Å². The highest BCUT2D eigenvalue weighted by Gasteiger charge is 2.03. The first-order valence-electron chi connectivity index (χ1n) is 6.46. The Morgan fingerprint density at radius 3 is 1.53 bits per heavy atom. The number of ether oxygens (including phenoxy) is 2. The second-order valence-corrected chi connectivity index (χ2v) is 3.89. The van der Waals surface area contributed by atoms with Crippen molar-refractivity contribution in [1.29, 1.82) is 0 Å². The highest BCUT2D eigenvalue weighted by atomic mass is 16.8. The lowest BCUT2D eigenvalue weighted by molar-refractivity contribution is -0.305. The van der Waals surface area contributed by atoms with Crippen LogP contribution in [0, 0.1) is 0 Å². The Labute approximate surface area is 106 Å². The van der Waals surface area contributed by atoms with Gasteiger partial charge in [-0.25, -0.2) is 4.94 Å². The summed E-state index contributed by atoms with van der Waals surface area (Å²) in [7, 11) is 3.87. The van der Waals surface area contributed by atoms with Crippen molar-refractivity contribution in [3.05, 3.63) is 0 Å². The summed E-state index contributed by atoms with van der Waals surface area (Å²) in [6.45, 7) is 8.89. The highest BCUT2D eigenvalue weighted by molar-refractivity contribution is 4.41. The fourth-order valence-corrected chi connectivity index (χ4v) is 1.39. The van der Waals surface area contributed by atoms with Gasteiger partial charge < -0.3 is 9.47 Å². The zero-order chi connectivity index (χ0) is 12.9. The van der Waals surface area contributed by atoms with Crippen molar-refractivity contribution in [2.24, 2.45) is 0 Å². The van der Waals surface area contributed by atoms with Crippen molar-refractivity contribution < 1.29 is 14.4 Å². The van der Waals surface area contributed by atoms with Gasteiger partial charge in [0.15, 0.2) is 0 Å². The maximum atomic E-state index is 5.57. The Morgan fingerprint density at radius 2 is 1.18 bits per heavy atom. The zero-order valence-electron chi connectivity index (χ0n) is 11.8. The Bertz CT molecular complexity index is 143. The Balaban J connectivity index is 3.35. The summed E-state index contributed by atoms with van der Waals surface area (Å²) in [5.74, 6) is 0. The molecule has 5 nitrogen and oxygen atoms in total. The predicted octanol–water partition coefficient (Wildman–Crippen LogP) is 1.55. The molecule has 0 aromatic rings. The molecule has 0 saturated heterocycles. The molecule has 0 bridgehead atoms. The second kappa shape index (κ2) is 12.3. The molecule has 0 heterocycles. The summed E-state index contributed by atoms with van der Waals surface area (Å²) in [5.41, 5.74) is 0. The fourth-order valence-electron chi connectivity index (χ4n) is 1.39.